The summed E-state index contributed by atoms with van der Waals surface area (Å²) in [7, 11) is 0. The van der Waals surface area contributed by atoms with Gasteiger partial charge in [-0.15, -0.1) is 0 Å². The summed E-state index contributed by atoms with van der Waals surface area (Å²) < 4.78 is 0. The van der Waals surface area contributed by atoms with Gasteiger partial charge in [-0.25, -0.2) is 0 Å². The Morgan fingerprint density at radius 1 is 1.16 bits per heavy atom. The van der Waals surface area contributed by atoms with E-state index in [2.05, 4.69) is 34.7 Å². The number of hydrogen-bond acceptors (Lipinski definition) is 2. The van der Waals surface area contributed by atoms with Crippen LogP contribution in [0.2, 0.25) is 0 Å². The average Bonchev–Trinajstić information content (AvgIpc) is 2.83. The second-order valence-corrected chi connectivity index (χ2v) is 5.75. The van der Waals surface area contributed by atoms with E-state index in [1.54, 1.807) is 0 Å². The Balaban J connectivity index is 1.60. The minimum Gasteiger partial charge on any atom is -0.389 e. The van der Waals surface area contributed by atoms with Crippen molar-refractivity contribution < 1.29 is 5.11 Å². The van der Waals surface area contributed by atoms with E-state index in [0.717, 1.165) is 32.2 Å². The number of aromatic nitrogens is 1. The van der Waals surface area contributed by atoms with Crippen molar-refractivity contribution in [3.8, 4) is 0 Å². The Hall–Kier alpha value is -1.32. The first-order valence-electron chi connectivity index (χ1n) is 7.25. The van der Waals surface area contributed by atoms with Crippen LogP contribution < -0.4 is 5.32 Å². The summed E-state index contributed by atoms with van der Waals surface area (Å²) in [6.45, 7) is 1.51. The van der Waals surface area contributed by atoms with E-state index < -0.39 is 5.60 Å². The van der Waals surface area contributed by atoms with Gasteiger partial charge in [-0.2, -0.15) is 0 Å². The number of nitrogens with one attached hydrogen (secondary N) is 2. The molecule has 0 saturated heterocycles. The zero-order valence-corrected chi connectivity index (χ0v) is 11.3. The third kappa shape index (κ3) is 2.82. The molecule has 3 heteroatoms. The lowest BCUT2D eigenvalue weighted by atomic mass is 9.85. The van der Waals surface area contributed by atoms with E-state index in [-0.39, 0.29) is 0 Å². The van der Waals surface area contributed by atoms with Crippen molar-refractivity contribution in [3.05, 3.63) is 36.0 Å². The normalized spacial score (nSPS) is 18.8. The predicted octanol–water partition coefficient (Wildman–Crippen LogP) is 2.95. The first-order chi connectivity index (χ1) is 9.27. The van der Waals surface area contributed by atoms with Crippen molar-refractivity contribution in [3.63, 3.8) is 0 Å². The number of hydrogen-bond donors (Lipinski definition) is 3. The standard InChI is InChI=1S/C16H22N2O/c19-16(8-4-1-5-9-16)12-17-10-13-11-18-15-7-3-2-6-14(13)15/h2-3,6-7,11,17-19H,1,4-5,8-10,12H2. The van der Waals surface area contributed by atoms with Gasteiger partial charge < -0.3 is 15.4 Å². The fraction of sp³-hybridized carbons (Fsp3) is 0.500. The highest BCUT2D eigenvalue weighted by molar-refractivity contribution is 5.82. The summed E-state index contributed by atoms with van der Waals surface area (Å²) in [5.41, 5.74) is 1.97. The lowest BCUT2D eigenvalue weighted by Gasteiger charge is -2.32. The SMILES string of the molecule is OC1(CNCc2c[nH]c3ccccc23)CCCCC1. The predicted molar refractivity (Wildman–Crippen MR) is 78.0 cm³/mol. The molecular weight excluding hydrogens is 236 g/mol. The minimum absolute atomic E-state index is 0.482. The molecule has 1 heterocycles. The maximum absolute atomic E-state index is 10.4. The number of benzene rings is 1. The Bertz CT molecular complexity index is 540. The summed E-state index contributed by atoms with van der Waals surface area (Å²) in [6.07, 6.45) is 7.52. The molecule has 1 aromatic heterocycles. The van der Waals surface area contributed by atoms with Gasteiger partial charge in [-0.3, -0.25) is 0 Å². The summed E-state index contributed by atoms with van der Waals surface area (Å²) in [5.74, 6) is 0. The molecule has 0 radical (unpaired) electrons. The third-order valence-electron chi connectivity index (χ3n) is 4.23. The molecule has 0 spiro atoms. The van der Waals surface area contributed by atoms with Crippen molar-refractivity contribution in [1.29, 1.82) is 0 Å². The van der Waals surface area contributed by atoms with Gasteiger partial charge in [0.05, 0.1) is 5.60 Å². The molecule has 19 heavy (non-hydrogen) atoms. The van der Waals surface area contributed by atoms with E-state index >= 15 is 0 Å². The van der Waals surface area contributed by atoms with Crippen molar-refractivity contribution in [2.45, 2.75) is 44.2 Å². The fourth-order valence-electron chi connectivity index (χ4n) is 3.09. The summed E-state index contributed by atoms with van der Waals surface area (Å²) in [4.78, 5) is 3.28. The highest BCUT2D eigenvalue weighted by atomic mass is 16.3. The Morgan fingerprint density at radius 3 is 2.79 bits per heavy atom. The maximum atomic E-state index is 10.4. The van der Waals surface area contributed by atoms with Crippen LogP contribution in [0.3, 0.4) is 0 Å². The van der Waals surface area contributed by atoms with Crippen LogP contribution in [0.5, 0.6) is 0 Å². The second-order valence-electron chi connectivity index (χ2n) is 5.75. The van der Waals surface area contributed by atoms with Gasteiger partial charge in [0, 0.05) is 30.2 Å². The van der Waals surface area contributed by atoms with Gasteiger partial charge in [0.2, 0.25) is 0 Å². The fourth-order valence-corrected chi connectivity index (χ4v) is 3.09. The van der Waals surface area contributed by atoms with Crippen molar-refractivity contribution >= 4 is 10.9 Å². The van der Waals surface area contributed by atoms with Crippen molar-refractivity contribution in [2.24, 2.45) is 0 Å². The van der Waals surface area contributed by atoms with Crippen molar-refractivity contribution in [1.82, 2.24) is 10.3 Å². The van der Waals surface area contributed by atoms with E-state index in [1.165, 1.54) is 22.9 Å². The van der Waals surface area contributed by atoms with Crippen molar-refractivity contribution in [2.75, 3.05) is 6.54 Å². The second kappa shape index (κ2) is 5.35. The number of aromatic amines is 1. The topological polar surface area (TPSA) is 48.0 Å². The zero-order chi connectivity index (χ0) is 13.1. The first-order valence-corrected chi connectivity index (χ1v) is 7.25. The lowest BCUT2D eigenvalue weighted by Crippen LogP contribution is -2.41. The van der Waals surface area contributed by atoms with E-state index in [1.807, 2.05) is 6.07 Å². The number of H-pyrrole nitrogens is 1. The van der Waals surface area contributed by atoms with Crippen LogP contribution in [0.1, 0.15) is 37.7 Å². The Kier molecular flexibility index (Phi) is 3.58. The molecule has 1 aliphatic carbocycles. The molecule has 2 aromatic rings. The van der Waals surface area contributed by atoms with Crippen LogP contribution in [0, 0.1) is 0 Å². The summed E-state index contributed by atoms with van der Waals surface area (Å²) in [5, 5.41) is 15.1. The molecule has 1 saturated carbocycles. The zero-order valence-electron chi connectivity index (χ0n) is 11.3. The van der Waals surface area contributed by atoms with Crippen LogP contribution in [0.15, 0.2) is 30.5 Å². The molecule has 0 bridgehead atoms. The average molecular weight is 258 g/mol. The molecule has 0 atom stereocenters. The monoisotopic (exact) mass is 258 g/mol. The number of fused-ring (bicyclic) bond motifs is 1. The molecule has 0 amide bonds. The van der Waals surface area contributed by atoms with E-state index in [0.29, 0.717) is 6.54 Å². The molecule has 102 valence electrons. The maximum Gasteiger partial charge on any atom is 0.0771 e. The van der Waals surface area contributed by atoms with Gasteiger partial charge in [0.1, 0.15) is 0 Å². The van der Waals surface area contributed by atoms with E-state index in [9.17, 15) is 5.11 Å². The van der Waals surface area contributed by atoms with Crippen LogP contribution in [-0.2, 0) is 6.54 Å². The van der Waals surface area contributed by atoms with Gasteiger partial charge >= 0.3 is 0 Å². The largest absolute Gasteiger partial charge is 0.389 e. The Labute approximate surface area is 114 Å². The highest BCUT2D eigenvalue weighted by Crippen LogP contribution is 2.27. The Morgan fingerprint density at radius 2 is 1.95 bits per heavy atom. The molecule has 1 fully saturated rings. The van der Waals surface area contributed by atoms with Crippen LogP contribution in [0.25, 0.3) is 10.9 Å². The molecule has 3 nitrogen and oxygen atoms in total. The van der Waals surface area contributed by atoms with Crippen LogP contribution in [-0.4, -0.2) is 22.2 Å². The first kappa shape index (κ1) is 12.7. The lowest BCUT2D eigenvalue weighted by molar-refractivity contribution is 0.00469. The quantitative estimate of drug-likeness (QED) is 0.789. The number of para-hydroxylation sites is 1. The van der Waals surface area contributed by atoms with Gasteiger partial charge in [-0.1, -0.05) is 37.5 Å². The highest BCUT2D eigenvalue weighted by Gasteiger charge is 2.28. The van der Waals surface area contributed by atoms with Crippen LogP contribution >= 0.6 is 0 Å². The van der Waals surface area contributed by atoms with Crippen LogP contribution in [0.4, 0.5) is 0 Å². The smallest absolute Gasteiger partial charge is 0.0771 e. The van der Waals surface area contributed by atoms with E-state index in [4.69, 9.17) is 0 Å². The minimum atomic E-state index is -0.482. The van der Waals surface area contributed by atoms with Gasteiger partial charge in [0.15, 0.2) is 0 Å². The molecule has 1 aliphatic rings. The summed E-state index contributed by atoms with van der Waals surface area (Å²) in [6, 6.07) is 8.33. The molecule has 3 N–H and O–H groups in total. The third-order valence-corrected chi connectivity index (χ3v) is 4.23. The number of aliphatic hydroxyl groups is 1. The molecule has 1 aromatic carbocycles. The molecule has 0 unspecified atom stereocenters. The van der Waals surface area contributed by atoms with Gasteiger partial charge in [-0.05, 0) is 24.5 Å². The molecule has 3 rings (SSSR count). The molecule has 0 aliphatic heterocycles. The van der Waals surface area contributed by atoms with Gasteiger partial charge in [0.25, 0.3) is 0 Å². The molecular formula is C16H22N2O. The summed E-state index contributed by atoms with van der Waals surface area (Å²) >= 11 is 0. The number of rotatable bonds is 4.